The first kappa shape index (κ1) is 17.7. The average molecular weight is 333 g/mol. The molecule has 2 N–H and O–H groups in total. The number of methoxy groups -OCH3 is 1. The van der Waals surface area contributed by atoms with Crippen molar-refractivity contribution in [1.82, 2.24) is 15.6 Å². The predicted octanol–water partition coefficient (Wildman–Crippen LogP) is 2.85. The molecule has 1 aromatic heterocycles. The fraction of sp³-hybridized carbons (Fsp3) is 0.294. The minimum atomic E-state index is -0.324. The molecule has 0 fully saturated rings. The Morgan fingerprint density at radius 1 is 1.25 bits per heavy atom. The van der Waals surface area contributed by atoms with Crippen molar-refractivity contribution in [3.63, 3.8) is 0 Å². The lowest BCUT2D eigenvalue weighted by molar-refractivity contribution is 0.171. The fourth-order valence-corrected chi connectivity index (χ4v) is 1.95. The molecule has 2 aromatic rings. The van der Waals surface area contributed by atoms with Crippen molar-refractivity contribution in [2.24, 2.45) is 0 Å². The van der Waals surface area contributed by atoms with E-state index in [9.17, 15) is 9.18 Å². The highest BCUT2D eigenvalue weighted by Gasteiger charge is 2.06. The minimum absolute atomic E-state index is 0.0698. The van der Waals surface area contributed by atoms with Gasteiger partial charge in [-0.1, -0.05) is 6.07 Å². The van der Waals surface area contributed by atoms with Gasteiger partial charge in [-0.05, 0) is 36.8 Å². The highest BCUT2D eigenvalue weighted by Crippen LogP contribution is 2.19. The van der Waals surface area contributed by atoms with Crippen LogP contribution in [0.3, 0.4) is 0 Å². The maximum Gasteiger partial charge on any atom is 0.315 e. The molecule has 1 aromatic carbocycles. The lowest BCUT2D eigenvalue weighted by Gasteiger charge is -2.13. The van der Waals surface area contributed by atoms with E-state index in [4.69, 9.17) is 9.47 Å². The SMILES string of the molecule is COCC(C)NC(=O)NCc1ccc(Oc2ccc(F)cc2)nc1. The molecule has 0 aliphatic carbocycles. The van der Waals surface area contributed by atoms with Gasteiger partial charge in [0.25, 0.3) is 0 Å². The zero-order valence-corrected chi connectivity index (χ0v) is 13.6. The third-order valence-corrected chi connectivity index (χ3v) is 3.08. The Kier molecular flexibility index (Phi) is 6.51. The number of hydrogen-bond acceptors (Lipinski definition) is 4. The molecule has 1 atom stereocenters. The topological polar surface area (TPSA) is 72.5 Å². The van der Waals surface area contributed by atoms with Crippen molar-refractivity contribution < 1.29 is 18.7 Å². The van der Waals surface area contributed by atoms with Crippen LogP contribution in [0, 0.1) is 5.82 Å². The smallest absolute Gasteiger partial charge is 0.315 e. The summed E-state index contributed by atoms with van der Waals surface area (Å²) >= 11 is 0. The normalized spacial score (nSPS) is 11.6. The van der Waals surface area contributed by atoms with Gasteiger partial charge >= 0.3 is 6.03 Å². The molecule has 0 aliphatic heterocycles. The van der Waals surface area contributed by atoms with Crippen molar-refractivity contribution in [3.05, 3.63) is 54.0 Å². The molecule has 2 amide bonds. The second-order valence-electron chi connectivity index (χ2n) is 5.24. The minimum Gasteiger partial charge on any atom is -0.439 e. The summed E-state index contributed by atoms with van der Waals surface area (Å²) in [5.74, 6) is 0.569. The van der Waals surface area contributed by atoms with E-state index in [1.165, 1.54) is 24.3 Å². The largest absolute Gasteiger partial charge is 0.439 e. The molecule has 128 valence electrons. The number of benzene rings is 1. The van der Waals surface area contributed by atoms with E-state index in [2.05, 4.69) is 15.6 Å². The first-order valence-corrected chi connectivity index (χ1v) is 7.48. The number of rotatable bonds is 7. The summed E-state index contributed by atoms with van der Waals surface area (Å²) in [6.07, 6.45) is 1.61. The van der Waals surface area contributed by atoms with Crippen LogP contribution in [-0.2, 0) is 11.3 Å². The van der Waals surface area contributed by atoms with Crippen LogP contribution in [0.4, 0.5) is 9.18 Å². The van der Waals surface area contributed by atoms with Crippen LogP contribution in [-0.4, -0.2) is 30.8 Å². The number of halogens is 1. The van der Waals surface area contributed by atoms with Gasteiger partial charge in [0.1, 0.15) is 11.6 Å². The first-order chi connectivity index (χ1) is 11.6. The maximum atomic E-state index is 12.8. The van der Waals surface area contributed by atoms with Gasteiger partial charge in [-0.3, -0.25) is 0 Å². The summed E-state index contributed by atoms with van der Waals surface area (Å²) in [6.45, 7) is 2.64. The number of carbonyl (C=O) groups is 1. The van der Waals surface area contributed by atoms with Gasteiger partial charge in [0, 0.05) is 25.9 Å². The van der Waals surface area contributed by atoms with Crippen molar-refractivity contribution >= 4 is 6.03 Å². The maximum absolute atomic E-state index is 12.8. The molecule has 0 saturated heterocycles. The summed E-state index contributed by atoms with van der Waals surface area (Å²) in [7, 11) is 1.58. The molecule has 0 spiro atoms. The molecule has 7 heteroatoms. The predicted molar refractivity (Wildman–Crippen MR) is 87.4 cm³/mol. The van der Waals surface area contributed by atoms with Crippen molar-refractivity contribution in [3.8, 4) is 11.6 Å². The number of amides is 2. The van der Waals surface area contributed by atoms with Crippen molar-refractivity contribution in [2.45, 2.75) is 19.5 Å². The monoisotopic (exact) mass is 333 g/mol. The molecule has 1 heterocycles. The van der Waals surface area contributed by atoms with Crippen molar-refractivity contribution in [2.75, 3.05) is 13.7 Å². The second kappa shape index (κ2) is 8.83. The van der Waals surface area contributed by atoms with Crippen LogP contribution < -0.4 is 15.4 Å². The van der Waals surface area contributed by atoms with Crippen LogP contribution in [0.15, 0.2) is 42.6 Å². The molecule has 0 bridgehead atoms. The standard InChI is InChI=1S/C17H20FN3O3/c1-12(11-23-2)21-17(22)20-10-13-3-8-16(19-9-13)24-15-6-4-14(18)5-7-15/h3-9,12H,10-11H2,1-2H3,(H2,20,21,22). The fourth-order valence-electron chi connectivity index (χ4n) is 1.95. The van der Waals surface area contributed by atoms with E-state index >= 15 is 0 Å². The van der Waals surface area contributed by atoms with E-state index < -0.39 is 0 Å². The van der Waals surface area contributed by atoms with Crippen LogP contribution in [0.2, 0.25) is 0 Å². The molecule has 0 saturated carbocycles. The van der Waals surface area contributed by atoms with Crippen molar-refractivity contribution in [1.29, 1.82) is 0 Å². The van der Waals surface area contributed by atoms with Crippen LogP contribution in [0.1, 0.15) is 12.5 Å². The van der Waals surface area contributed by atoms with E-state index in [-0.39, 0.29) is 17.9 Å². The summed E-state index contributed by atoms with van der Waals surface area (Å²) < 4.78 is 23.3. The van der Waals surface area contributed by atoms with Crippen LogP contribution in [0.5, 0.6) is 11.6 Å². The highest BCUT2D eigenvalue weighted by atomic mass is 19.1. The van der Waals surface area contributed by atoms with Gasteiger partial charge in [-0.25, -0.2) is 14.2 Å². The van der Waals surface area contributed by atoms with Crippen LogP contribution >= 0.6 is 0 Å². The van der Waals surface area contributed by atoms with Gasteiger partial charge in [0.2, 0.25) is 5.88 Å². The summed E-state index contributed by atoms with van der Waals surface area (Å²) in [5, 5.41) is 5.48. The highest BCUT2D eigenvalue weighted by molar-refractivity contribution is 5.74. The molecule has 0 radical (unpaired) electrons. The average Bonchev–Trinajstić information content (AvgIpc) is 2.56. The summed E-state index contributed by atoms with van der Waals surface area (Å²) in [5.41, 5.74) is 0.830. The lowest BCUT2D eigenvalue weighted by Crippen LogP contribution is -2.42. The Labute approximate surface area is 140 Å². The number of aromatic nitrogens is 1. The first-order valence-electron chi connectivity index (χ1n) is 7.48. The van der Waals surface area contributed by atoms with E-state index in [1.807, 2.05) is 6.92 Å². The molecular weight excluding hydrogens is 313 g/mol. The number of carbonyl (C=O) groups excluding carboxylic acids is 1. The Balaban J connectivity index is 1.81. The Morgan fingerprint density at radius 2 is 2.00 bits per heavy atom. The zero-order chi connectivity index (χ0) is 17.4. The quantitative estimate of drug-likeness (QED) is 0.817. The number of nitrogens with one attached hydrogen (secondary N) is 2. The van der Waals surface area contributed by atoms with Gasteiger partial charge in [-0.15, -0.1) is 0 Å². The number of ether oxygens (including phenoxy) is 2. The van der Waals surface area contributed by atoms with E-state index in [0.717, 1.165) is 5.56 Å². The zero-order valence-electron chi connectivity index (χ0n) is 13.6. The summed E-state index contributed by atoms with van der Waals surface area (Å²) in [6, 6.07) is 8.82. The molecule has 6 nitrogen and oxygen atoms in total. The number of hydrogen-bond donors (Lipinski definition) is 2. The Hall–Kier alpha value is -2.67. The van der Waals surface area contributed by atoms with Gasteiger partial charge in [0.05, 0.1) is 12.6 Å². The molecule has 0 aliphatic rings. The van der Waals surface area contributed by atoms with Gasteiger partial charge < -0.3 is 20.1 Å². The number of nitrogens with zero attached hydrogens (tertiary/aromatic N) is 1. The second-order valence-corrected chi connectivity index (χ2v) is 5.24. The van der Waals surface area contributed by atoms with Gasteiger partial charge in [0.15, 0.2) is 0 Å². The summed E-state index contributed by atoms with van der Waals surface area (Å²) in [4.78, 5) is 15.8. The third-order valence-electron chi connectivity index (χ3n) is 3.08. The third kappa shape index (κ3) is 5.85. The molecule has 24 heavy (non-hydrogen) atoms. The molecule has 2 rings (SSSR count). The molecule has 1 unspecified atom stereocenters. The van der Waals surface area contributed by atoms with Crippen LogP contribution in [0.25, 0.3) is 0 Å². The number of urea groups is 1. The van der Waals surface area contributed by atoms with E-state index in [1.54, 1.807) is 25.4 Å². The molecular formula is C17H20FN3O3. The Bertz CT molecular complexity index is 647. The van der Waals surface area contributed by atoms with E-state index in [0.29, 0.717) is 24.8 Å². The Morgan fingerprint density at radius 3 is 2.62 bits per heavy atom. The van der Waals surface area contributed by atoms with Gasteiger partial charge in [-0.2, -0.15) is 0 Å². The lowest BCUT2D eigenvalue weighted by atomic mass is 10.3. The number of pyridine rings is 1.